The van der Waals surface area contributed by atoms with Crippen molar-refractivity contribution in [3.63, 3.8) is 0 Å². The maximum atomic E-state index is 12.9. The highest BCUT2D eigenvalue weighted by atomic mass is 19.3. The fraction of sp³-hybridized carbons (Fsp3) is 0.917. The van der Waals surface area contributed by atoms with Crippen LogP contribution in [0.1, 0.15) is 39.0 Å². The van der Waals surface area contributed by atoms with Gasteiger partial charge in [0.05, 0.1) is 12.6 Å². The van der Waals surface area contributed by atoms with Gasteiger partial charge in [0.15, 0.2) is 0 Å². The summed E-state index contributed by atoms with van der Waals surface area (Å²) in [5.74, 6) is -3.01. The number of alkyl halides is 2. The average molecular weight is 246 g/mol. The summed E-state index contributed by atoms with van der Waals surface area (Å²) in [4.78, 5) is 11.7. The first-order chi connectivity index (χ1) is 7.96. The van der Waals surface area contributed by atoms with Crippen molar-refractivity contribution in [1.82, 2.24) is 10.6 Å². The Labute approximate surface area is 100 Å². The van der Waals surface area contributed by atoms with Gasteiger partial charge in [-0.05, 0) is 24.7 Å². The third-order valence-corrected chi connectivity index (χ3v) is 4.23. The van der Waals surface area contributed by atoms with Crippen LogP contribution in [0.25, 0.3) is 0 Å². The molecule has 17 heavy (non-hydrogen) atoms. The minimum Gasteiger partial charge on any atom is -0.354 e. The zero-order chi connectivity index (χ0) is 12.5. The van der Waals surface area contributed by atoms with Gasteiger partial charge in [0.2, 0.25) is 5.91 Å². The van der Waals surface area contributed by atoms with Gasteiger partial charge in [-0.3, -0.25) is 10.1 Å². The van der Waals surface area contributed by atoms with E-state index in [9.17, 15) is 13.6 Å². The number of carbonyl (C=O) groups is 1. The molecular weight excluding hydrogens is 226 g/mol. The van der Waals surface area contributed by atoms with Gasteiger partial charge in [-0.2, -0.15) is 0 Å². The van der Waals surface area contributed by atoms with Crippen molar-refractivity contribution in [2.24, 2.45) is 5.41 Å². The predicted molar refractivity (Wildman–Crippen MR) is 60.9 cm³/mol. The van der Waals surface area contributed by atoms with Crippen LogP contribution >= 0.6 is 0 Å². The number of rotatable bonds is 4. The fourth-order valence-electron chi connectivity index (χ4n) is 2.63. The number of amides is 1. The van der Waals surface area contributed by atoms with Crippen LogP contribution in [0, 0.1) is 5.41 Å². The van der Waals surface area contributed by atoms with Gasteiger partial charge in [0.1, 0.15) is 0 Å². The van der Waals surface area contributed by atoms with Crippen molar-refractivity contribution in [3.05, 3.63) is 0 Å². The molecule has 0 aromatic carbocycles. The van der Waals surface area contributed by atoms with Gasteiger partial charge in [0, 0.05) is 13.0 Å². The lowest BCUT2D eigenvalue weighted by atomic mass is 9.67. The lowest BCUT2D eigenvalue weighted by Crippen LogP contribution is -2.47. The second-order valence-corrected chi connectivity index (χ2v) is 5.42. The lowest BCUT2D eigenvalue weighted by Gasteiger charge is -2.41. The molecule has 1 heterocycles. The molecule has 2 N–H and O–H groups in total. The Morgan fingerprint density at radius 3 is 2.59 bits per heavy atom. The van der Waals surface area contributed by atoms with E-state index < -0.39 is 12.0 Å². The number of hydrogen-bond donors (Lipinski definition) is 2. The summed E-state index contributed by atoms with van der Waals surface area (Å²) >= 11 is 0. The van der Waals surface area contributed by atoms with Crippen LogP contribution in [0.4, 0.5) is 8.78 Å². The fourth-order valence-corrected chi connectivity index (χ4v) is 2.63. The van der Waals surface area contributed by atoms with E-state index in [2.05, 4.69) is 17.6 Å². The van der Waals surface area contributed by atoms with Crippen molar-refractivity contribution < 1.29 is 13.6 Å². The first kappa shape index (κ1) is 12.7. The third-order valence-electron chi connectivity index (χ3n) is 4.23. The largest absolute Gasteiger partial charge is 0.354 e. The summed E-state index contributed by atoms with van der Waals surface area (Å²) in [6.07, 6.45) is 4.15. The van der Waals surface area contributed by atoms with E-state index in [0.717, 1.165) is 19.3 Å². The van der Waals surface area contributed by atoms with E-state index in [1.807, 2.05) is 0 Å². The summed E-state index contributed by atoms with van der Waals surface area (Å²) in [6.45, 7) is 2.36. The van der Waals surface area contributed by atoms with Crippen LogP contribution in [0.3, 0.4) is 0 Å². The van der Waals surface area contributed by atoms with Crippen LogP contribution in [0.2, 0.25) is 0 Å². The average Bonchev–Trinajstić information content (AvgIpc) is 2.58. The van der Waals surface area contributed by atoms with Crippen LogP contribution in [0.15, 0.2) is 0 Å². The predicted octanol–water partition coefficient (Wildman–Crippen LogP) is 1.68. The molecule has 0 aromatic rings. The first-order valence-electron chi connectivity index (χ1n) is 6.35. The molecule has 1 amide bonds. The van der Waals surface area contributed by atoms with E-state index in [1.165, 1.54) is 6.42 Å². The summed E-state index contributed by atoms with van der Waals surface area (Å²) in [5.41, 5.74) is 0.233. The normalized spacial score (nSPS) is 29.7. The zero-order valence-electron chi connectivity index (χ0n) is 10.2. The number of hydrogen-bond acceptors (Lipinski definition) is 2. The lowest BCUT2D eigenvalue weighted by molar-refractivity contribution is -0.124. The highest BCUT2D eigenvalue weighted by Crippen LogP contribution is 2.43. The van der Waals surface area contributed by atoms with Crippen molar-refractivity contribution in [2.75, 3.05) is 13.1 Å². The molecule has 1 unspecified atom stereocenters. The summed E-state index contributed by atoms with van der Waals surface area (Å²) < 4.78 is 25.9. The summed E-state index contributed by atoms with van der Waals surface area (Å²) in [5, 5.41) is 5.40. The van der Waals surface area contributed by atoms with Gasteiger partial charge in [-0.15, -0.1) is 0 Å². The van der Waals surface area contributed by atoms with E-state index in [4.69, 9.17) is 0 Å². The molecule has 1 aliphatic heterocycles. The maximum Gasteiger partial charge on any atom is 0.262 e. The van der Waals surface area contributed by atoms with Crippen molar-refractivity contribution in [1.29, 1.82) is 0 Å². The number of carbonyl (C=O) groups excluding carboxylic acids is 1. The van der Waals surface area contributed by atoms with Crippen LogP contribution in [-0.2, 0) is 4.79 Å². The Bertz CT molecular complexity index is 297. The number of halogens is 2. The van der Waals surface area contributed by atoms with E-state index in [1.54, 1.807) is 0 Å². The minimum absolute atomic E-state index is 0.233. The molecule has 98 valence electrons. The Morgan fingerprint density at radius 1 is 1.47 bits per heavy atom. The molecule has 5 heteroatoms. The van der Waals surface area contributed by atoms with Crippen molar-refractivity contribution >= 4 is 5.91 Å². The molecule has 0 spiro atoms. The first-order valence-corrected chi connectivity index (χ1v) is 6.35. The van der Waals surface area contributed by atoms with E-state index >= 15 is 0 Å². The Balaban J connectivity index is 1.78. The smallest absolute Gasteiger partial charge is 0.262 e. The quantitative estimate of drug-likeness (QED) is 0.792. The highest BCUT2D eigenvalue weighted by molar-refractivity contribution is 5.82. The SMILES string of the molecule is CCC1(CNC(=O)C2CC(F)(F)CN2)CCC1. The monoisotopic (exact) mass is 246 g/mol. The van der Waals surface area contributed by atoms with Crippen LogP contribution < -0.4 is 10.6 Å². The van der Waals surface area contributed by atoms with Crippen LogP contribution in [0.5, 0.6) is 0 Å². The van der Waals surface area contributed by atoms with Crippen molar-refractivity contribution in [2.45, 2.75) is 51.0 Å². The molecule has 1 atom stereocenters. The number of nitrogens with one attached hydrogen (secondary N) is 2. The second kappa shape index (κ2) is 4.52. The molecule has 2 fully saturated rings. The van der Waals surface area contributed by atoms with Gasteiger partial charge < -0.3 is 5.32 Å². The van der Waals surface area contributed by atoms with Gasteiger partial charge in [0.25, 0.3) is 5.92 Å². The molecule has 2 aliphatic rings. The zero-order valence-corrected chi connectivity index (χ0v) is 10.2. The maximum absolute atomic E-state index is 12.9. The Hall–Kier alpha value is -0.710. The Kier molecular flexibility index (Phi) is 3.39. The molecule has 2 rings (SSSR count). The molecule has 0 radical (unpaired) electrons. The van der Waals surface area contributed by atoms with E-state index in [-0.39, 0.29) is 24.3 Å². The molecule has 1 saturated heterocycles. The Morgan fingerprint density at radius 2 is 2.18 bits per heavy atom. The van der Waals surface area contributed by atoms with Crippen molar-refractivity contribution in [3.8, 4) is 0 Å². The summed E-state index contributed by atoms with van der Waals surface area (Å²) in [7, 11) is 0. The standard InChI is InChI=1S/C12H20F2N2O/c1-2-11(4-3-5-11)7-16-10(17)9-6-12(13,14)8-15-9/h9,15H,2-8H2,1H3,(H,16,17). The molecular formula is C12H20F2N2O. The molecule has 3 nitrogen and oxygen atoms in total. The molecule has 1 aliphatic carbocycles. The second-order valence-electron chi connectivity index (χ2n) is 5.42. The van der Waals surface area contributed by atoms with Gasteiger partial charge in [-0.1, -0.05) is 13.3 Å². The van der Waals surface area contributed by atoms with Gasteiger partial charge >= 0.3 is 0 Å². The summed E-state index contributed by atoms with van der Waals surface area (Å²) in [6, 6.07) is -0.723. The van der Waals surface area contributed by atoms with E-state index in [0.29, 0.717) is 6.54 Å². The molecule has 0 aromatic heterocycles. The molecule has 0 bridgehead atoms. The van der Waals surface area contributed by atoms with Gasteiger partial charge in [-0.25, -0.2) is 8.78 Å². The van der Waals surface area contributed by atoms with Crippen LogP contribution in [-0.4, -0.2) is 31.0 Å². The minimum atomic E-state index is -2.74. The topological polar surface area (TPSA) is 41.1 Å². The highest BCUT2D eigenvalue weighted by Gasteiger charge is 2.43. The molecule has 1 saturated carbocycles. The third kappa shape index (κ3) is 2.76.